The van der Waals surface area contributed by atoms with Gasteiger partial charge in [0.05, 0.1) is 78.2 Å². The molecule has 0 bridgehead atoms. The number of alkyl halides is 12. The van der Waals surface area contributed by atoms with E-state index in [1.807, 2.05) is 35.2 Å². The van der Waals surface area contributed by atoms with Crippen LogP contribution in [-0.4, -0.2) is 9.13 Å². The summed E-state index contributed by atoms with van der Waals surface area (Å²) < 4.78 is 175. The van der Waals surface area contributed by atoms with Crippen LogP contribution in [0.3, 0.4) is 0 Å². The van der Waals surface area contributed by atoms with E-state index < -0.39 is 47.0 Å². The number of hydrogen-bond acceptors (Lipinski definition) is 4. The van der Waals surface area contributed by atoms with Gasteiger partial charge in [-0.15, -0.1) is 0 Å². The predicted octanol–water partition coefficient (Wildman–Crippen LogP) is 17.3. The molecule has 356 valence electrons. The first-order valence-corrected chi connectivity index (χ1v) is 22.2. The standard InChI is InChI=1S/C54H25F12N5S/c55-51(56,57)28-13-17-40-34(21-28)35-22-29(52(58,59)60)14-18-41(35)70(40)45-25-46(71-42-19-15-30(53(61,62)63)23-36(42)37-24-31(54(64,65)66)16-20-43(37)71)39(27-68)49(38(45)26-67)33-9-6-12-48-50(33)69(32-7-2-1-3-8-32)44-10-4-5-11-47(44)72-48/h1-25H. The third-order valence-corrected chi connectivity index (χ3v) is 13.8. The van der Waals surface area contributed by atoms with E-state index in [2.05, 4.69) is 12.1 Å². The molecule has 1 aliphatic heterocycles. The minimum absolute atomic E-state index is 0.118. The van der Waals surface area contributed by atoms with Gasteiger partial charge in [0.2, 0.25) is 0 Å². The van der Waals surface area contributed by atoms with Gasteiger partial charge in [0.25, 0.3) is 0 Å². The molecule has 0 aliphatic carbocycles. The minimum atomic E-state index is -4.96. The quantitative estimate of drug-likeness (QED) is 0.165. The molecule has 5 nitrogen and oxygen atoms in total. The first kappa shape index (κ1) is 46.1. The Hall–Kier alpha value is -8.35. The fourth-order valence-electron chi connectivity index (χ4n) is 9.62. The third-order valence-electron chi connectivity index (χ3n) is 12.7. The maximum Gasteiger partial charge on any atom is 0.416 e. The molecule has 0 fully saturated rings. The van der Waals surface area contributed by atoms with Gasteiger partial charge in [0.1, 0.15) is 12.1 Å². The molecule has 3 heterocycles. The summed E-state index contributed by atoms with van der Waals surface area (Å²) in [6.45, 7) is 0. The third kappa shape index (κ3) is 7.27. The highest BCUT2D eigenvalue weighted by Gasteiger charge is 2.38. The van der Waals surface area contributed by atoms with Gasteiger partial charge in [-0.1, -0.05) is 54.2 Å². The molecular weight excluding hydrogens is 979 g/mol. The van der Waals surface area contributed by atoms with E-state index in [4.69, 9.17) is 0 Å². The highest BCUT2D eigenvalue weighted by Crippen LogP contribution is 2.56. The van der Waals surface area contributed by atoms with E-state index in [0.717, 1.165) is 29.2 Å². The monoisotopic (exact) mass is 1000 g/mol. The predicted molar refractivity (Wildman–Crippen MR) is 249 cm³/mol. The van der Waals surface area contributed by atoms with Crippen molar-refractivity contribution in [2.24, 2.45) is 0 Å². The second-order valence-electron chi connectivity index (χ2n) is 16.7. The summed E-state index contributed by atoms with van der Waals surface area (Å²) in [6, 6.07) is 36.7. The van der Waals surface area contributed by atoms with E-state index in [1.165, 1.54) is 27.0 Å². The first-order valence-electron chi connectivity index (χ1n) is 21.4. The van der Waals surface area contributed by atoms with Crippen LogP contribution < -0.4 is 4.90 Å². The number of aromatic nitrogens is 2. The number of rotatable bonds is 4. The fraction of sp³-hybridized carbons (Fsp3) is 0.0741. The molecule has 10 aromatic rings. The van der Waals surface area contributed by atoms with Gasteiger partial charge in [0.15, 0.2) is 0 Å². The largest absolute Gasteiger partial charge is 0.416 e. The van der Waals surface area contributed by atoms with Gasteiger partial charge < -0.3 is 14.0 Å². The van der Waals surface area contributed by atoms with Crippen molar-refractivity contribution in [2.45, 2.75) is 34.5 Å². The normalized spacial score (nSPS) is 13.2. The van der Waals surface area contributed by atoms with E-state index in [1.54, 1.807) is 42.5 Å². The molecule has 0 unspecified atom stereocenters. The van der Waals surface area contributed by atoms with Crippen molar-refractivity contribution in [1.29, 1.82) is 10.5 Å². The smallest absolute Gasteiger partial charge is 0.308 e. The molecule has 18 heteroatoms. The lowest BCUT2D eigenvalue weighted by Gasteiger charge is -2.35. The average Bonchev–Trinajstić information content (AvgIpc) is 3.85. The van der Waals surface area contributed by atoms with Crippen molar-refractivity contribution in [3.63, 3.8) is 0 Å². The maximum atomic E-state index is 14.4. The molecule has 0 radical (unpaired) electrons. The Morgan fingerprint density at radius 3 is 1.18 bits per heavy atom. The lowest BCUT2D eigenvalue weighted by atomic mass is 9.90. The van der Waals surface area contributed by atoms with Crippen molar-refractivity contribution in [1.82, 2.24) is 9.13 Å². The molecule has 0 saturated carbocycles. The molecule has 1 aliphatic rings. The number of halogens is 12. The van der Waals surface area contributed by atoms with E-state index in [9.17, 15) is 63.2 Å². The molecule has 2 aromatic heterocycles. The number of hydrogen-bond donors (Lipinski definition) is 0. The lowest BCUT2D eigenvalue weighted by Crippen LogP contribution is -2.16. The second-order valence-corrected chi connectivity index (χ2v) is 17.8. The zero-order valence-electron chi connectivity index (χ0n) is 36.1. The van der Waals surface area contributed by atoms with Crippen LogP contribution in [0.4, 0.5) is 69.7 Å². The van der Waals surface area contributed by atoms with Crippen molar-refractivity contribution in [3.05, 3.63) is 185 Å². The summed E-state index contributed by atoms with van der Waals surface area (Å²) in [5.74, 6) is 0. The van der Waals surface area contributed by atoms with Gasteiger partial charge in [-0.3, -0.25) is 0 Å². The van der Waals surface area contributed by atoms with Gasteiger partial charge in [-0.05, 0) is 109 Å². The Morgan fingerprint density at radius 1 is 0.389 bits per heavy atom. The van der Waals surface area contributed by atoms with Crippen LogP contribution >= 0.6 is 11.8 Å². The number of nitrogens with zero attached hydrogens (tertiary/aromatic N) is 5. The topological polar surface area (TPSA) is 60.7 Å². The average molecular weight is 1000 g/mol. The number of para-hydroxylation sites is 3. The molecule has 0 N–H and O–H groups in total. The second kappa shape index (κ2) is 16.1. The van der Waals surface area contributed by atoms with Gasteiger partial charge in [0, 0.05) is 48.2 Å². The van der Waals surface area contributed by atoms with Crippen molar-refractivity contribution < 1.29 is 52.7 Å². The van der Waals surface area contributed by atoms with Crippen LogP contribution in [0.2, 0.25) is 0 Å². The van der Waals surface area contributed by atoms with Gasteiger partial charge in [-0.25, -0.2) is 0 Å². The molecule has 11 rings (SSSR count). The van der Waals surface area contributed by atoms with Crippen molar-refractivity contribution in [3.8, 4) is 34.6 Å². The molecule has 0 atom stereocenters. The lowest BCUT2D eigenvalue weighted by molar-refractivity contribution is -0.138. The number of anilines is 3. The highest BCUT2D eigenvalue weighted by molar-refractivity contribution is 7.99. The Morgan fingerprint density at radius 2 is 0.778 bits per heavy atom. The van der Waals surface area contributed by atoms with Crippen LogP contribution in [0.15, 0.2) is 161 Å². The Bertz CT molecular complexity index is 3670. The zero-order chi connectivity index (χ0) is 50.8. The molecule has 0 amide bonds. The fourth-order valence-corrected chi connectivity index (χ4v) is 10.7. The molecule has 0 spiro atoms. The summed E-state index contributed by atoms with van der Waals surface area (Å²) in [5, 5.41) is 21.9. The van der Waals surface area contributed by atoms with Gasteiger partial charge in [-0.2, -0.15) is 63.2 Å². The van der Waals surface area contributed by atoms with Crippen LogP contribution in [0.5, 0.6) is 0 Å². The van der Waals surface area contributed by atoms with Gasteiger partial charge >= 0.3 is 24.7 Å². The van der Waals surface area contributed by atoms with E-state index in [0.29, 0.717) is 70.5 Å². The number of nitriles is 2. The Balaban J connectivity index is 1.34. The van der Waals surface area contributed by atoms with Crippen molar-refractivity contribution in [2.75, 3.05) is 4.90 Å². The van der Waals surface area contributed by atoms with Crippen molar-refractivity contribution >= 4 is 72.4 Å². The molecular formula is C54H25F12N5S. The summed E-state index contributed by atoms with van der Waals surface area (Å²) in [7, 11) is 0. The summed E-state index contributed by atoms with van der Waals surface area (Å²) in [5.41, 5.74) is -4.48. The Labute approximate surface area is 402 Å². The van der Waals surface area contributed by atoms with E-state index in [-0.39, 0.29) is 77.2 Å². The first-order chi connectivity index (χ1) is 34.2. The highest BCUT2D eigenvalue weighted by atomic mass is 32.2. The van der Waals surface area contributed by atoms with E-state index >= 15 is 0 Å². The summed E-state index contributed by atoms with van der Waals surface area (Å²) in [4.78, 5) is 3.31. The summed E-state index contributed by atoms with van der Waals surface area (Å²) in [6.07, 6.45) is -19.8. The summed E-state index contributed by atoms with van der Waals surface area (Å²) >= 11 is 1.36. The van der Waals surface area contributed by atoms with Crippen LogP contribution in [0.1, 0.15) is 33.4 Å². The maximum absolute atomic E-state index is 14.4. The number of benzene rings is 8. The zero-order valence-corrected chi connectivity index (χ0v) is 36.9. The minimum Gasteiger partial charge on any atom is -0.308 e. The number of fused-ring (bicyclic) bond motifs is 8. The van der Waals surface area contributed by atoms with Crippen LogP contribution in [0.25, 0.3) is 66.1 Å². The molecule has 72 heavy (non-hydrogen) atoms. The van der Waals surface area contributed by atoms with Crippen LogP contribution in [0, 0.1) is 22.7 Å². The molecule has 8 aromatic carbocycles. The molecule has 0 saturated heterocycles. The van der Waals surface area contributed by atoms with Crippen LogP contribution in [-0.2, 0) is 24.7 Å². The Kier molecular flexibility index (Phi) is 10.3. The SMILES string of the molecule is N#Cc1c(-n2c3ccc(C(F)(F)F)cc3c3cc(C(F)(F)F)ccc32)cc(-n2c3ccc(C(F)(F)F)cc3c3cc(C(F)(F)F)ccc32)c(C#N)c1-c1cccc2c1N(c1ccccc1)c1ccccc1S2.